The average molecular weight is 392 g/mol. The molecule has 29 heavy (non-hydrogen) atoms. The normalized spacial score (nSPS) is 22.8. The third-order valence-electron chi connectivity index (χ3n) is 6.47. The van der Waals surface area contributed by atoms with Crippen LogP contribution in [0.2, 0.25) is 0 Å². The molecule has 1 amide bonds. The van der Waals surface area contributed by atoms with Gasteiger partial charge in [-0.1, -0.05) is 42.5 Å². The molecule has 4 heteroatoms. The predicted octanol–water partition coefficient (Wildman–Crippen LogP) is 4.02. The Morgan fingerprint density at radius 1 is 0.862 bits per heavy atom. The third kappa shape index (κ3) is 4.71. The van der Waals surface area contributed by atoms with Crippen LogP contribution in [-0.4, -0.2) is 59.9 Å². The van der Waals surface area contributed by atoms with Gasteiger partial charge >= 0.3 is 0 Å². The highest BCUT2D eigenvalue weighted by atomic mass is 16.2. The van der Waals surface area contributed by atoms with Gasteiger partial charge in [-0.05, 0) is 62.0 Å². The van der Waals surface area contributed by atoms with Crippen molar-refractivity contribution in [3.05, 3.63) is 71.3 Å². The van der Waals surface area contributed by atoms with Gasteiger partial charge in [0.15, 0.2) is 0 Å². The van der Waals surface area contributed by atoms with Crippen LogP contribution < -0.4 is 0 Å². The Labute approximate surface area is 175 Å². The zero-order valence-corrected chi connectivity index (χ0v) is 17.8. The van der Waals surface area contributed by atoms with E-state index in [4.69, 9.17) is 0 Å². The van der Waals surface area contributed by atoms with Crippen LogP contribution in [0.25, 0.3) is 0 Å². The number of rotatable bonds is 6. The van der Waals surface area contributed by atoms with E-state index in [0.29, 0.717) is 12.1 Å². The fourth-order valence-corrected chi connectivity index (χ4v) is 5.08. The monoisotopic (exact) mass is 391 g/mol. The first-order chi connectivity index (χ1) is 14.1. The van der Waals surface area contributed by atoms with Gasteiger partial charge in [-0.3, -0.25) is 14.6 Å². The number of likely N-dealkylation sites (tertiary alicyclic amines) is 2. The van der Waals surface area contributed by atoms with Gasteiger partial charge in [0.25, 0.3) is 5.91 Å². The van der Waals surface area contributed by atoms with Crippen molar-refractivity contribution in [1.29, 1.82) is 0 Å². The lowest BCUT2D eigenvalue weighted by Gasteiger charge is -2.35. The van der Waals surface area contributed by atoms with Gasteiger partial charge in [0.1, 0.15) is 0 Å². The first-order valence-electron chi connectivity index (χ1n) is 10.9. The Morgan fingerprint density at radius 2 is 1.45 bits per heavy atom. The highest BCUT2D eigenvalue weighted by Crippen LogP contribution is 2.32. The van der Waals surface area contributed by atoms with Crippen molar-refractivity contribution in [2.45, 2.75) is 50.9 Å². The highest BCUT2D eigenvalue weighted by Gasteiger charge is 2.37. The molecule has 2 heterocycles. The average Bonchev–Trinajstić information content (AvgIpc) is 3.37. The van der Waals surface area contributed by atoms with Gasteiger partial charge < -0.3 is 4.90 Å². The number of carbonyl (C=O) groups is 1. The zero-order valence-electron chi connectivity index (χ0n) is 17.8. The van der Waals surface area contributed by atoms with Crippen LogP contribution in [0, 0.1) is 0 Å². The van der Waals surface area contributed by atoms with Gasteiger partial charge in [-0.2, -0.15) is 0 Å². The first-order valence-corrected chi connectivity index (χ1v) is 10.9. The SMILES string of the molecule is CN(C)C(=O)c1cccc(CN2CCC[C@@H]2[C@@H]2CCCN2Cc2ccccc2)c1. The minimum absolute atomic E-state index is 0.0784. The summed E-state index contributed by atoms with van der Waals surface area (Å²) in [6.07, 6.45) is 5.16. The van der Waals surface area contributed by atoms with E-state index in [9.17, 15) is 4.79 Å². The van der Waals surface area contributed by atoms with Gasteiger partial charge in [-0.25, -0.2) is 0 Å². The number of nitrogens with zero attached hydrogens (tertiary/aromatic N) is 3. The molecule has 2 aromatic rings. The lowest BCUT2D eigenvalue weighted by atomic mass is 10.0. The van der Waals surface area contributed by atoms with Crippen molar-refractivity contribution in [2.24, 2.45) is 0 Å². The topological polar surface area (TPSA) is 26.8 Å². The lowest BCUT2D eigenvalue weighted by Crippen LogP contribution is -2.45. The van der Waals surface area contributed by atoms with Crippen LogP contribution in [-0.2, 0) is 13.1 Å². The summed E-state index contributed by atoms with van der Waals surface area (Å²) in [6.45, 7) is 4.36. The van der Waals surface area contributed by atoms with Crippen LogP contribution in [0.3, 0.4) is 0 Å². The minimum Gasteiger partial charge on any atom is -0.345 e. The van der Waals surface area contributed by atoms with Gasteiger partial charge in [0.2, 0.25) is 0 Å². The largest absolute Gasteiger partial charge is 0.345 e. The van der Waals surface area contributed by atoms with Crippen molar-refractivity contribution >= 4 is 5.91 Å². The van der Waals surface area contributed by atoms with Crippen molar-refractivity contribution in [3.63, 3.8) is 0 Å². The fourth-order valence-electron chi connectivity index (χ4n) is 5.08. The molecule has 2 aromatic carbocycles. The van der Waals surface area contributed by atoms with Gasteiger partial charge in [0, 0.05) is 44.8 Å². The highest BCUT2D eigenvalue weighted by molar-refractivity contribution is 5.94. The summed E-state index contributed by atoms with van der Waals surface area (Å²) in [5.41, 5.74) is 3.45. The van der Waals surface area contributed by atoms with Crippen molar-refractivity contribution in [1.82, 2.24) is 14.7 Å². The van der Waals surface area contributed by atoms with Crippen molar-refractivity contribution < 1.29 is 4.79 Å². The molecule has 0 N–H and O–H groups in total. The second-order valence-electron chi connectivity index (χ2n) is 8.75. The van der Waals surface area contributed by atoms with Gasteiger partial charge in [-0.15, -0.1) is 0 Å². The molecule has 4 nitrogen and oxygen atoms in total. The molecule has 0 aliphatic carbocycles. The Kier molecular flexibility index (Phi) is 6.31. The number of hydrogen-bond acceptors (Lipinski definition) is 3. The summed E-state index contributed by atoms with van der Waals surface area (Å²) in [5.74, 6) is 0.0784. The maximum Gasteiger partial charge on any atom is 0.253 e. The van der Waals surface area contributed by atoms with Crippen LogP contribution >= 0.6 is 0 Å². The van der Waals surface area contributed by atoms with E-state index in [-0.39, 0.29) is 5.91 Å². The number of hydrogen-bond donors (Lipinski definition) is 0. The number of benzene rings is 2. The van der Waals surface area contributed by atoms with Crippen LogP contribution in [0.1, 0.15) is 47.2 Å². The van der Waals surface area contributed by atoms with E-state index in [1.54, 1.807) is 4.90 Å². The smallest absolute Gasteiger partial charge is 0.253 e. The standard InChI is InChI=1S/C25H33N3O/c1-26(2)25(29)22-12-6-11-21(17-22)19-28-16-8-14-24(28)23-13-7-15-27(23)18-20-9-4-3-5-10-20/h3-6,9-12,17,23-24H,7-8,13-16,18-19H2,1-2H3/t23-,24+/m0/s1. The van der Waals surface area contributed by atoms with E-state index < -0.39 is 0 Å². The molecule has 0 bridgehead atoms. The Morgan fingerprint density at radius 3 is 2.07 bits per heavy atom. The molecule has 2 aliphatic heterocycles. The molecule has 2 saturated heterocycles. The maximum absolute atomic E-state index is 12.3. The third-order valence-corrected chi connectivity index (χ3v) is 6.47. The molecule has 0 radical (unpaired) electrons. The zero-order chi connectivity index (χ0) is 20.2. The predicted molar refractivity (Wildman–Crippen MR) is 118 cm³/mol. The van der Waals surface area contributed by atoms with E-state index >= 15 is 0 Å². The quantitative estimate of drug-likeness (QED) is 0.744. The molecule has 2 aliphatic rings. The lowest BCUT2D eigenvalue weighted by molar-refractivity contribution is 0.0827. The second-order valence-corrected chi connectivity index (χ2v) is 8.75. The van der Waals surface area contributed by atoms with Crippen molar-refractivity contribution in [3.8, 4) is 0 Å². The summed E-state index contributed by atoms with van der Waals surface area (Å²) in [6, 6.07) is 20.3. The number of amides is 1. The molecule has 0 unspecified atom stereocenters. The molecule has 154 valence electrons. The molecule has 0 spiro atoms. The Balaban J connectivity index is 1.45. The van der Waals surface area contributed by atoms with Gasteiger partial charge in [0.05, 0.1) is 0 Å². The van der Waals surface area contributed by atoms with Crippen molar-refractivity contribution in [2.75, 3.05) is 27.2 Å². The number of carbonyl (C=O) groups excluding carboxylic acids is 1. The maximum atomic E-state index is 12.3. The molecule has 0 saturated carbocycles. The fraction of sp³-hybridized carbons (Fsp3) is 0.480. The summed E-state index contributed by atoms with van der Waals surface area (Å²) < 4.78 is 0. The first kappa shape index (κ1) is 20.1. The second kappa shape index (κ2) is 9.10. The minimum atomic E-state index is 0.0784. The van der Waals surface area contributed by atoms with E-state index in [1.807, 2.05) is 26.2 Å². The van der Waals surface area contributed by atoms with E-state index in [1.165, 1.54) is 43.4 Å². The summed E-state index contributed by atoms with van der Waals surface area (Å²) in [5, 5.41) is 0. The molecule has 0 aromatic heterocycles. The van der Waals surface area contributed by atoms with E-state index in [0.717, 1.165) is 25.2 Å². The molecule has 2 atom stereocenters. The molecular formula is C25H33N3O. The van der Waals surface area contributed by atoms with E-state index in [2.05, 4.69) is 52.3 Å². The van der Waals surface area contributed by atoms with Crippen LogP contribution in [0.4, 0.5) is 0 Å². The van der Waals surface area contributed by atoms with Crippen LogP contribution in [0.15, 0.2) is 54.6 Å². The molecular weight excluding hydrogens is 358 g/mol. The summed E-state index contributed by atoms with van der Waals surface area (Å²) in [4.78, 5) is 19.3. The molecule has 4 rings (SSSR count). The Hall–Kier alpha value is -2.17. The summed E-state index contributed by atoms with van der Waals surface area (Å²) in [7, 11) is 3.62. The Bertz CT molecular complexity index is 820. The van der Waals surface area contributed by atoms with Crippen LogP contribution in [0.5, 0.6) is 0 Å². The summed E-state index contributed by atoms with van der Waals surface area (Å²) >= 11 is 0. The molecule has 2 fully saturated rings.